The number of anilines is 2. The predicted molar refractivity (Wildman–Crippen MR) is 125 cm³/mol. The van der Waals surface area contributed by atoms with Crippen LogP contribution in [0, 0.1) is 0 Å². The van der Waals surface area contributed by atoms with Gasteiger partial charge in [0.1, 0.15) is 0 Å². The molecule has 1 aliphatic rings. The molecular weight excluding hydrogens is 430 g/mol. The van der Waals surface area contributed by atoms with Gasteiger partial charge in [0, 0.05) is 38.2 Å². The fourth-order valence-electron chi connectivity index (χ4n) is 2.64. The van der Waals surface area contributed by atoms with Gasteiger partial charge in [-0.25, -0.2) is 9.59 Å². The molecule has 10 heteroatoms. The number of imide groups is 1. The second kappa shape index (κ2) is 9.99. The van der Waals surface area contributed by atoms with Gasteiger partial charge in [0.05, 0.1) is 19.5 Å². The molecule has 1 unspecified atom stereocenters. The van der Waals surface area contributed by atoms with Gasteiger partial charge in [-0.2, -0.15) is 0 Å². The molecule has 3 amide bonds. The molecule has 1 aliphatic heterocycles. The molecule has 1 fully saturated rings. The molecule has 1 heterocycles. The highest BCUT2D eigenvalue weighted by Crippen LogP contribution is 2.26. The van der Waals surface area contributed by atoms with E-state index in [0.29, 0.717) is 16.3 Å². The number of amides is 3. The van der Waals surface area contributed by atoms with E-state index in [-0.39, 0.29) is 24.1 Å². The zero-order valence-corrected chi connectivity index (χ0v) is 20.6. The molecule has 1 aromatic rings. The second-order valence-electron chi connectivity index (χ2n) is 8.99. The van der Waals surface area contributed by atoms with Crippen LogP contribution in [0.15, 0.2) is 23.8 Å². The first-order chi connectivity index (χ1) is 14.8. The molecule has 1 aromatic carbocycles. The number of carbonyl (C=O) groups excluding carboxylic acids is 4. The Morgan fingerprint density at radius 3 is 2.28 bits per heavy atom. The van der Waals surface area contributed by atoms with Gasteiger partial charge < -0.3 is 14.5 Å². The number of hydrogen-bond donors (Lipinski definition) is 1. The summed E-state index contributed by atoms with van der Waals surface area (Å²) in [7, 11) is 2.06. The Morgan fingerprint density at radius 2 is 1.75 bits per heavy atom. The van der Waals surface area contributed by atoms with Gasteiger partial charge in [0.25, 0.3) is 11.8 Å². The average Bonchev–Trinajstić information content (AvgIpc) is 3.00. The highest BCUT2D eigenvalue weighted by molar-refractivity contribution is 6.77. The van der Waals surface area contributed by atoms with Crippen molar-refractivity contribution < 1.29 is 28.8 Å². The lowest BCUT2D eigenvalue weighted by Gasteiger charge is -2.25. The van der Waals surface area contributed by atoms with Gasteiger partial charge in [0.15, 0.2) is 0 Å². The van der Waals surface area contributed by atoms with E-state index < -0.39 is 32.0 Å². The lowest BCUT2D eigenvalue weighted by atomic mass is 10.1. The molecule has 0 bridgehead atoms. The van der Waals surface area contributed by atoms with E-state index >= 15 is 0 Å². The van der Waals surface area contributed by atoms with Crippen LogP contribution in [0.1, 0.15) is 32.3 Å². The van der Waals surface area contributed by atoms with Crippen LogP contribution in [0.2, 0.25) is 19.6 Å². The molecule has 174 valence electrons. The molecule has 0 radical (unpaired) electrons. The van der Waals surface area contributed by atoms with E-state index in [9.17, 15) is 19.2 Å². The van der Waals surface area contributed by atoms with E-state index in [4.69, 9.17) is 9.57 Å². The Hall–Kier alpha value is -3.14. The first-order valence-electron chi connectivity index (χ1n) is 10.3. The third kappa shape index (κ3) is 6.43. The van der Waals surface area contributed by atoms with Crippen LogP contribution in [-0.2, 0) is 24.0 Å². The first-order valence-corrected chi connectivity index (χ1v) is 13.9. The highest BCUT2D eigenvalue weighted by atomic mass is 28.3. The minimum absolute atomic E-state index is 0.0207. The Kier molecular flexibility index (Phi) is 7.84. The summed E-state index contributed by atoms with van der Waals surface area (Å²) in [6, 6.07) is 5.34. The van der Waals surface area contributed by atoms with Crippen LogP contribution in [0.25, 0.3) is 6.08 Å². The van der Waals surface area contributed by atoms with Crippen molar-refractivity contribution in [3.05, 3.63) is 29.3 Å². The Morgan fingerprint density at radius 1 is 1.16 bits per heavy atom. The molecule has 0 aliphatic carbocycles. The van der Waals surface area contributed by atoms with Gasteiger partial charge in [-0.05, 0) is 37.6 Å². The van der Waals surface area contributed by atoms with Crippen molar-refractivity contribution in [2.45, 2.75) is 52.1 Å². The van der Waals surface area contributed by atoms with Crippen LogP contribution >= 0.6 is 0 Å². The summed E-state index contributed by atoms with van der Waals surface area (Å²) in [5, 5.41) is 3.26. The van der Waals surface area contributed by atoms with Gasteiger partial charge >= 0.3 is 12.1 Å². The lowest BCUT2D eigenvalue weighted by molar-refractivity contribution is -0.194. The smallest absolute Gasteiger partial charge is 0.411 e. The van der Waals surface area contributed by atoms with Crippen molar-refractivity contribution in [3.63, 3.8) is 0 Å². The van der Waals surface area contributed by atoms with Crippen molar-refractivity contribution in [2.75, 3.05) is 24.3 Å². The van der Waals surface area contributed by atoms with Crippen molar-refractivity contribution in [1.29, 1.82) is 0 Å². The molecule has 32 heavy (non-hydrogen) atoms. The molecule has 9 nitrogen and oxygen atoms in total. The van der Waals surface area contributed by atoms with Crippen molar-refractivity contribution >= 4 is 49.4 Å². The zero-order valence-electron chi connectivity index (χ0n) is 19.6. The largest absolute Gasteiger partial charge is 0.450 e. The van der Waals surface area contributed by atoms with E-state index in [0.717, 1.165) is 5.69 Å². The van der Waals surface area contributed by atoms with E-state index in [2.05, 4.69) is 25.0 Å². The Labute approximate surface area is 189 Å². The molecular formula is C22H31N3O6Si. The van der Waals surface area contributed by atoms with Gasteiger partial charge in [-0.15, -0.1) is 5.06 Å². The number of benzene rings is 1. The number of ether oxygens (including phenoxy) is 1. The quantitative estimate of drug-likeness (QED) is 0.376. The summed E-state index contributed by atoms with van der Waals surface area (Å²) < 4.78 is 5.54. The number of nitrogens with zero attached hydrogens (tertiary/aromatic N) is 2. The van der Waals surface area contributed by atoms with E-state index in [1.54, 1.807) is 12.1 Å². The summed E-state index contributed by atoms with van der Waals surface area (Å²) in [5.41, 5.74) is 1.79. The summed E-state index contributed by atoms with van der Waals surface area (Å²) in [6.07, 6.45) is 0.975. The number of hydrogen-bond acceptors (Lipinski definition) is 7. The zero-order chi connectivity index (χ0) is 24.2. The molecule has 0 aromatic heterocycles. The maximum atomic E-state index is 12.5. The molecule has 0 spiro atoms. The highest BCUT2D eigenvalue weighted by Gasteiger charge is 2.33. The number of nitrogens with one attached hydrogen (secondary N) is 1. The van der Waals surface area contributed by atoms with Gasteiger partial charge in [-0.1, -0.05) is 25.7 Å². The molecule has 1 atom stereocenters. The minimum Gasteiger partial charge on any atom is -0.450 e. The monoisotopic (exact) mass is 461 g/mol. The van der Waals surface area contributed by atoms with Gasteiger partial charge in [-0.3, -0.25) is 14.9 Å². The summed E-state index contributed by atoms with van der Waals surface area (Å²) in [5.74, 6) is -1.92. The molecule has 1 saturated heterocycles. The fraction of sp³-hybridized carbons (Fsp3) is 0.455. The minimum atomic E-state index is -1.68. The van der Waals surface area contributed by atoms with Crippen molar-refractivity contribution in [2.24, 2.45) is 0 Å². The topological polar surface area (TPSA) is 105 Å². The average molecular weight is 462 g/mol. The standard InChI is InChI=1S/C22H31N3O6Si/c1-14(21(28)31-25-19(26)10-11-20(25)27)12-16-8-9-17(24(3)4)13-18(16)23-22(29)30-15(2)32(5,6)7/h8-9,12-13,15H,10-11H2,1-7H3,(H,23,29). The predicted octanol–water partition coefficient (Wildman–Crippen LogP) is 3.58. The number of rotatable bonds is 7. The molecule has 0 saturated carbocycles. The third-order valence-corrected chi connectivity index (χ3v) is 7.72. The third-order valence-electron chi connectivity index (χ3n) is 5.17. The number of hydroxylamine groups is 2. The lowest BCUT2D eigenvalue weighted by Crippen LogP contribution is -2.40. The molecule has 2 rings (SSSR count). The SMILES string of the molecule is CC(=Cc1ccc(N(C)C)cc1NC(=O)OC(C)[Si](C)(C)C)C(=O)ON1C(=O)CCC1=O. The van der Waals surface area contributed by atoms with Crippen molar-refractivity contribution in [1.82, 2.24) is 5.06 Å². The van der Waals surface area contributed by atoms with Crippen molar-refractivity contribution in [3.8, 4) is 0 Å². The van der Waals surface area contributed by atoms with Crippen LogP contribution in [0.4, 0.5) is 16.2 Å². The summed E-state index contributed by atoms with van der Waals surface area (Å²) in [4.78, 5) is 55.1. The van der Waals surface area contributed by atoms with E-state index in [1.807, 2.05) is 32.0 Å². The van der Waals surface area contributed by atoms with Crippen LogP contribution in [0.5, 0.6) is 0 Å². The molecule has 1 N–H and O–H groups in total. The van der Waals surface area contributed by atoms with Crippen LogP contribution < -0.4 is 10.2 Å². The first kappa shape index (κ1) is 25.1. The van der Waals surface area contributed by atoms with Crippen LogP contribution in [0.3, 0.4) is 0 Å². The number of carbonyl (C=O) groups is 4. The normalized spacial score (nSPS) is 15.5. The van der Waals surface area contributed by atoms with E-state index in [1.165, 1.54) is 13.0 Å². The summed E-state index contributed by atoms with van der Waals surface area (Å²) >= 11 is 0. The maximum Gasteiger partial charge on any atom is 0.411 e. The van der Waals surface area contributed by atoms with Crippen LogP contribution in [-0.4, -0.2) is 56.8 Å². The second-order valence-corrected chi connectivity index (χ2v) is 14.5. The Bertz CT molecular complexity index is 935. The fourth-order valence-corrected chi connectivity index (χ4v) is 3.10. The summed E-state index contributed by atoms with van der Waals surface area (Å²) in [6.45, 7) is 9.70. The van der Waals surface area contributed by atoms with Gasteiger partial charge in [0.2, 0.25) is 0 Å². The maximum absolute atomic E-state index is 12.5. The Balaban J connectivity index is 2.26.